The van der Waals surface area contributed by atoms with Gasteiger partial charge in [0.2, 0.25) is 5.88 Å². The van der Waals surface area contributed by atoms with Crippen molar-refractivity contribution < 1.29 is 14.2 Å². The van der Waals surface area contributed by atoms with E-state index in [1.165, 1.54) is 0 Å². The molecule has 4 rings (SSSR count). The molecule has 26 heavy (non-hydrogen) atoms. The maximum Gasteiger partial charge on any atom is 0.217 e. The summed E-state index contributed by atoms with van der Waals surface area (Å²) in [7, 11) is 1.67. The number of likely N-dealkylation sites (tertiary alicyclic amines) is 1. The number of rotatable bonds is 7. The molecule has 0 amide bonds. The minimum Gasteiger partial charge on any atom is -0.492 e. The molecule has 1 atom stereocenters. The molecule has 2 fully saturated rings. The maximum absolute atomic E-state index is 6.16. The second-order valence-electron chi connectivity index (χ2n) is 7.04. The van der Waals surface area contributed by atoms with Crippen LogP contribution in [0.3, 0.4) is 0 Å². The number of nitrogens with zero attached hydrogens (tertiary/aromatic N) is 3. The number of aromatic nitrogens is 2. The van der Waals surface area contributed by atoms with Crippen LogP contribution in [0.4, 0.5) is 0 Å². The van der Waals surface area contributed by atoms with Crippen molar-refractivity contribution >= 4 is 0 Å². The van der Waals surface area contributed by atoms with Gasteiger partial charge in [-0.2, -0.15) is 0 Å². The minimum absolute atomic E-state index is 0.00621. The number of hydrogen-bond donors (Lipinski definition) is 0. The van der Waals surface area contributed by atoms with Crippen LogP contribution >= 0.6 is 0 Å². The van der Waals surface area contributed by atoms with Crippen molar-refractivity contribution in [3.05, 3.63) is 48.4 Å². The average Bonchev–Trinajstić information content (AvgIpc) is 3.07. The summed E-state index contributed by atoms with van der Waals surface area (Å²) in [4.78, 5) is 10.8. The van der Waals surface area contributed by atoms with E-state index in [1.807, 2.05) is 18.2 Å². The highest BCUT2D eigenvalue weighted by Gasteiger charge is 2.52. The van der Waals surface area contributed by atoms with Crippen LogP contribution in [-0.4, -0.2) is 53.9 Å². The lowest BCUT2D eigenvalue weighted by molar-refractivity contribution is -0.138. The molecule has 0 radical (unpaired) electrons. The van der Waals surface area contributed by atoms with E-state index in [1.54, 1.807) is 25.7 Å². The van der Waals surface area contributed by atoms with Crippen LogP contribution in [0.2, 0.25) is 0 Å². The third-order valence-corrected chi connectivity index (χ3v) is 5.39. The minimum atomic E-state index is -0.00621. The van der Waals surface area contributed by atoms with Crippen LogP contribution < -0.4 is 9.47 Å². The normalized spacial score (nSPS) is 21.5. The molecule has 2 aliphatic heterocycles. The molecule has 0 N–H and O–H groups in total. The van der Waals surface area contributed by atoms with Crippen molar-refractivity contribution in [3.63, 3.8) is 0 Å². The maximum atomic E-state index is 6.16. The van der Waals surface area contributed by atoms with Crippen LogP contribution in [-0.2, 0) is 11.3 Å². The van der Waals surface area contributed by atoms with Gasteiger partial charge in [0.05, 0.1) is 25.5 Å². The molecule has 2 saturated heterocycles. The fraction of sp³-hybridized carbons (Fsp3) is 0.500. The predicted octanol–water partition coefficient (Wildman–Crippen LogP) is 2.55. The molecule has 4 heterocycles. The van der Waals surface area contributed by atoms with Gasteiger partial charge in [0, 0.05) is 44.2 Å². The quantitative estimate of drug-likeness (QED) is 0.761. The van der Waals surface area contributed by atoms with Gasteiger partial charge >= 0.3 is 0 Å². The van der Waals surface area contributed by atoms with Gasteiger partial charge in [0.15, 0.2) is 0 Å². The molecule has 6 nitrogen and oxygen atoms in total. The van der Waals surface area contributed by atoms with E-state index in [-0.39, 0.29) is 5.60 Å². The average molecular weight is 355 g/mol. The highest BCUT2D eigenvalue weighted by molar-refractivity contribution is 5.26. The van der Waals surface area contributed by atoms with Gasteiger partial charge in [0.1, 0.15) is 5.75 Å². The zero-order valence-electron chi connectivity index (χ0n) is 15.1. The Bertz CT molecular complexity index is 719. The van der Waals surface area contributed by atoms with Crippen molar-refractivity contribution in [1.29, 1.82) is 0 Å². The Morgan fingerprint density at radius 1 is 1.27 bits per heavy atom. The summed E-state index contributed by atoms with van der Waals surface area (Å²) in [5, 5.41) is 0. The molecule has 138 valence electrons. The van der Waals surface area contributed by atoms with E-state index in [9.17, 15) is 0 Å². The number of hydrogen-bond acceptors (Lipinski definition) is 6. The Morgan fingerprint density at radius 3 is 2.96 bits per heavy atom. The predicted molar refractivity (Wildman–Crippen MR) is 97.2 cm³/mol. The topological polar surface area (TPSA) is 56.7 Å². The Hall–Kier alpha value is -2.18. The fourth-order valence-electron chi connectivity index (χ4n) is 4.09. The van der Waals surface area contributed by atoms with Crippen molar-refractivity contribution in [1.82, 2.24) is 14.9 Å². The molecule has 2 aromatic rings. The second-order valence-corrected chi connectivity index (χ2v) is 7.04. The lowest BCUT2D eigenvalue weighted by atomic mass is 9.79. The van der Waals surface area contributed by atoms with Crippen molar-refractivity contribution in [3.8, 4) is 11.6 Å². The van der Waals surface area contributed by atoms with E-state index in [2.05, 4.69) is 20.9 Å². The van der Waals surface area contributed by atoms with Gasteiger partial charge in [-0.15, -0.1) is 0 Å². The van der Waals surface area contributed by atoms with Gasteiger partial charge in [-0.25, -0.2) is 4.98 Å². The third-order valence-electron chi connectivity index (χ3n) is 5.39. The van der Waals surface area contributed by atoms with Crippen LogP contribution in [0.1, 0.15) is 18.4 Å². The van der Waals surface area contributed by atoms with Crippen molar-refractivity contribution in [2.24, 2.45) is 5.92 Å². The Balaban J connectivity index is 1.29. The van der Waals surface area contributed by atoms with E-state index in [4.69, 9.17) is 14.2 Å². The first kappa shape index (κ1) is 17.2. The summed E-state index contributed by atoms with van der Waals surface area (Å²) in [6.45, 7) is 4.33. The molecular formula is C20H25N3O3. The molecule has 2 aromatic heterocycles. The molecule has 2 aliphatic rings. The van der Waals surface area contributed by atoms with Crippen LogP contribution in [0.25, 0.3) is 0 Å². The van der Waals surface area contributed by atoms with Crippen molar-refractivity contribution in [2.75, 3.05) is 33.4 Å². The summed E-state index contributed by atoms with van der Waals surface area (Å²) < 4.78 is 17.3. The van der Waals surface area contributed by atoms with E-state index >= 15 is 0 Å². The number of ether oxygens (including phenoxy) is 3. The highest BCUT2D eigenvalue weighted by atomic mass is 16.5. The molecule has 0 aromatic carbocycles. The zero-order chi connectivity index (χ0) is 17.8. The largest absolute Gasteiger partial charge is 0.492 e. The van der Waals surface area contributed by atoms with Gasteiger partial charge in [-0.05, 0) is 37.0 Å². The van der Waals surface area contributed by atoms with Gasteiger partial charge in [-0.1, -0.05) is 6.07 Å². The van der Waals surface area contributed by atoms with Crippen LogP contribution in [0, 0.1) is 5.92 Å². The Morgan fingerprint density at radius 2 is 2.15 bits per heavy atom. The smallest absolute Gasteiger partial charge is 0.217 e. The third kappa shape index (κ3) is 3.52. The van der Waals surface area contributed by atoms with Gasteiger partial charge < -0.3 is 14.2 Å². The number of pyridine rings is 2. The summed E-state index contributed by atoms with van der Waals surface area (Å²) in [5.74, 6) is 2.09. The monoisotopic (exact) mass is 355 g/mol. The van der Waals surface area contributed by atoms with E-state index in [0.29, 0.717) is 18.4 Å². The zero-order valence-corrected chi connectivity index (χ0v) is 15.1. The van der Waals surface area contributed by atoms with E-state index < -0.39 is 0 Å². The molecule has 0 unspecified atom stereocenters. The summed E-state index contributed by atoms with van der Waals surface area (Å²) >= 11 is 0. The first-order chi connectivity index (χ1) is 12.8. The first-order valence-electron chi connectivity index (χ1n) is 9.16. The van der Waals surface area contributed by atoms with Gasteiger partial charge in [-0.3, -0.25) is 9.88 Å². The second kappa shape index (κ2) is 7.60. The standard InChI is InChI=1S/C20H25N3O3/c1-24-19-16(4-2-9-22-19)13-23-14-20(15-23)17(7-11-26-20)6-10-25-18-5-3-8-21-12-18/h2-5,8-9,12,17H,6-7,10-11,13-15H2,1H3/t17-/m0/s1. The molecule has 0 bridgehead atoms. The Labute approximate surface area is 154 Å². The first-order valence-corrected chi connectivity index (χ1v) is 9.16. The molecule has 0 saturated carbocycles. The van der Waals surface area contributed by atoms with Crippen LogP contribution in [0.5, 0.6) is 11.6 Å². The molecule has 6 heteroatoms. The summed E-state index contributed by atoms with van der Waals surface area (Å²) in [6, 6.07) is 7.87. The summed E-state index contributed by atoms with van der Waals surface area (Å²) in [5.41, 5.74) is 1.12. The lowest BCUT2D eigenvalue weighted by Crippen LogP contribution is -2.64. The van der Waals surface area contributed by atoms with Gasteiger partial charge in [0.25, 0.3) is 0 Å². The van der Waals surface area contributed by atoms with Crippen molar-refractivity contribution in [2.45, 2.75) is 25.0 Å². The lowest BCUT2D eigenvalue weighted by Gasteiger charge is -2.50. The Kier molecular flexibility index (Phi) is 5.04. The molecular weight excluding hydrogens is 330 g/mol. The number of methoxy groups -OCH3 is 1. The highest BCUT2D eigenvalue weighted by Crippen LogP contribution is 2.42. The molecule has 1 spiro atoms. The van der Waals surface area contributed by atoms with Crippen LogP contribution in [0.15, 0.2) is 42.9 Å². The fourth-order valence-corrected chi connectivity index (χ4v) is 4.09. The SMILES string of the molecule is COc1ncccc1CN1CC2(C1)OCC[C@@H]2CCOc1cccnc1. The van der Waals surface area contributed by atoms with E-state index in [0.717, 1.165) is 50.4 Å². The molecule has 0 aliphatic carbocycles. The summed E-state index contributed by atoms with van der Waals surface area (Å²) in [6.07, 6.45) is 7.40.